The van der Waals surface area contributed by atoms with Crippen LogP contribution in [0.4, 0.5) is 0 Å². The Morgan fingerprint density at radius 3 is 2.70 bits per heavy atom. The summed E-state index contributed by atoms with van der Waals surface area (Å²) in [7, 11) is 1.17. The first-order chi connectivity index (χ1) is 4.59. The first-order valence-corrected chi connectivity index (χ1v) is 2.53. The molecule has 0 saturated heterocycles. The van der Waals surface area contributed by atoms with Gasteiger partial charge in [0.15, 0.2) is 0 Å². The molecule has 0 saturated carbocycles. The van der Waals surface area contributed by atoms with Gasteiger partial charge < -0.3 is 15.2 Å². The molecule has 0 aliphatic heterocycles. The quantitative estimate of drug-likeness (QED) is 0.346. The second-order valence-electron chi connectivity index (χ2n) is 1.58. The van der Waals surface area contributed by atoms with Gasteiger partial charge in [0.05, 0.1) is 0 Å². The number of hydrogen-bond acceptors (Lipinski definition) is 4. The topological polar surface area (TPSA) is 85.0 Å². The fourth-order valence-corrected chi connectivity index (χ4v) is 0.246. The Hall–Kier alpha value is -1.33. The van der Waals surface area contributed by atoms with Crippen molar-refractivity contribution in [2.75, 3.05) is 7.11 Å². The zero-order chi connectivity index (χ0) is 8.15. The van der Waals surface area contributed by atoms with E-state index in [1.54, 1.807) is 0 Å². The van der Waals surface area contributed by atoms with E-state index in [0.717, 1.165) is 0 Å². The Morgan fingerprint density at radius 2 is 2.40 bits per heavy atom. The fraction of sp³-hybridized carbons (Fsp3) is 0.750. The van der Waals surface area contributed by atoms with E-state index in [4.69, 9.17) is 5.11 Å². The largest absolute Gasteiger partial charge is 0.597 e. The van der Waals surface area contributed by atoms with Crippen LogP contribution in [-0.2, 0) is 9.63 Å². The Kier molecular flexibility index (Phi) is 3.16. The number of carbonyl (C=O) groups is 1. The van der Waals surface area contributed by atoms with Crippen LogP contribution in [0.15, 0.2) is 5.28 Å². The van der Waals surface area contributed by atoms with Crippen LogP contribution in [0.25, 0.3) is 0 Å². The summed E-state index contributed by atoms with van der Waals surface area (Å²) < 4.78 is 0. The summed E-state index contributed by atoms with van der Waals surface area (Å²) in [5.74, 6) is -1.24. The number of aliphatic carboxylic acids is 1. The maximum absolute atomic E-state index is 10.4. The highest BCUT2D eigenvalue weighted by Crippen LogP contribution is 1.89. The molecule has 0 rings (SSSR count). The number of carboxylic acid groups (broad SMARTS) is 1. The minimum Gasteiger partial charge on any atom is -0.597 e. The molecule has 1 atom stereocenters. The van der Waals surface area contributed by atoms with Gasteiger partial charge in [-0.2, -0.15) is 0 Å². The Balaban J connectivity index is 4.06. The van der Waals surface area contributed by atoms with Crippen LogP contribution in [0.1, 0.15) is 6.92 Å². The van der Waals surface area contributed by atoms with E-state index in [-0.39, 0.29) is 4.86 Å². The van der Waals surface area contributed by atoms with Gasteiger partial charge >= 0.3 is 5.97 Å². The van der Waals surface area contributed by atoms with Crippen molar-refractivity contribution in [2.45, 2.75) is 13.0 Å². The smallest absolute Gasteiger partial charge is 0.376 e. The van der Waals surface area contributed by atoms with Crippen LogP contribution in [0.2, 0.25) is 0 Å². The molecule has 0 aromatic heterocycles. The summed E-state index contributed by atoms with van der Waals surface area (Å²) in [4.78, 5) is 14.1. The van der Waals surface area contributed by atoms with Gasteiger partial charge in [0.25, 0.3) is 6.04 Å². The van der Waals surface area contributed by atoms with Gasteiger partial charge in [-0.25, -0.2) is 4.79 Å². The SMILES string of the molecule is CO/N=[N+](\[O-])C(C)C(=O)O. The van der Waals surface area contributed by atoms with Crippen LogP contribution >= 0.6 is 0 Å². The molecule has 0 heterocycles. The Morgan fingerprint density at radius 1 is 1.90 bits per heavy atom. The molecule has 0 aliphatic rings. The van der Waals surface area contributed by atoms with Crippen molar-refractivity contribution in [3.05, 3.63) is 5.21 Å². The molecule has 6 heteroatoms. The van der Waals surface area contributed by atoms with Crippen LogP contribution in [0.3, 0.4) is 0 Å². The zero-order valence-corrected chi connectivity index (χ0v) is 5.64. The predicted molar refractivity (Wildman–Crippen MR) is 30.2 cm³/mol. The molecule has 0 aromatic carbocycles. The van der Waals surface area contributed by atoms with E-state index in [9.17, 15) is 10.0 Å². The van der Waals surface area contributed by atoms with Gasteiger partial charge in [-0.05, 0) is 4.86 Å². The Bertz CT molecular complexity index is 155. The minimum atomic E-state index is -1.24. The Labute approximate surface area is 57.3 Å². The lowest BCUT2D eigenvalue weighted by atomic mass is 10.4. The standard InChI is InChI=1S/C4H8N2O4/c1-3(4(7)8)6(9)5-10-2/h3H,1-2H3,(H,7,8)/b6-5-. The molecule has 0 fully saturated rings. The first-order valence-electron chi connectivity index (χ1n) is 2.53. The maximum atomic E-state index is 10.4. The molecule has 1 unspecified atom stereocenters. The van der Waals surface area contributed by atoms with Gasteiger partial charge in [-0.3, -0.25) is 0 Å². The van der Waals surface area contributed by atoms with E-state index in [2.05, 4.69) is 10.1 Å². The average molecular weight is 148 g/mol. The molecule has 0 radical (unpaired) electrons. The number of hydrogen-bond donors (Lipinski definition) is 1. The molecule has 0 aromatic rings. The highest BCUT2D eigenvalue weighted by Gasteiger charge is 2.20. The number of hydroxylamine groups is 1. The van der Waals surface area contributed by atoms with Crippen molar-refractivity contribution in [1.82, 2.24) is 0 Å². The third-order valence-corrected chi connectivity index (χ3v) is 0.851. The third-order valence-electron chi connectivity index (χ3n) is 0.851. The molecule has 6 nitrogen and oxygen atoms in total. The van der Waals surface area contributed by atoms with Gasteiger partial charge in [0.2, 0.25) is 5.28 Å². The van der Waals surface area contributed by atoms with Gasteiger partial charge in [0, 0.05) is 6.92 Å². The summed E-state index contributed by atoms with van der Waals surface area (Å²) in [6, 6.07) is -1.21. The highest BCUT2D eigenvalue weighted by atomic mass is 16.7. The van der Waals surface area contributed by atoms with Crippen molar-refractivity contribution >= 4 is 5.97 Å². The van der Waals surface area contributed by atoms with Crippen molar-refractivity contribution in [3.8, 4) is 0 Å². The maximum Gasteiger partial charge on any atom is 0.376 e. The third kappa shape index (κ3) is 2.29. The minimum absolute atomic E-state index is 0.0255. The molecule has 0 spiro atoms. The van der Waals surface area contributed by atoms with Gasteiger partial charge in [0.1, 0.15) is 7.11 Å². The van der Waals surface area contributed by atoms with Crippen molar-refractivity contribution in [3.63, 3.8) is 0 Å². The van der Waals surface area contributed by atoms with E-state index < -0.39 is 12.0 Å². The molecular weight excluding hydrogens is 140 g/mol. The molecule has 0 bridgehead atoms. The summed E-state index contributed by atoms with van der Waals surface area (Å²) >= 11 is 0. The van der Waals surface area contributed by atoms with Gasteiger partial charge in [-0.15, -0.1) is 0 Å². The van der Waals surface area contributed by atoms with Crippen LogP contribution in [-0.4, -0.2) is 29.1 Å². The highest BCUT2D eigenvalue weighted by molar-refractivity contribution is 5.71. The van der Waals surface area contributed by atoms with Crippen LogP contribution < -0.4 is 0 Å². The summed E-state index contributed by atoms with van der Waals surface area (Å²) in [5.41, 5.74) is 0. The second kappa shape index (κ2) is 3.65. The van der Waals surface area contributed by atoms with E-state index in [1.165, 1.54) is 14.0 Å². The normalized spacial score (nSPS) is 14.4. The number of nitrogens with zero attached hydrogens (tertiary/aromatic N) is 2. The number of rotatable bonds is 3. The summed E-state index contributed by atoms with van der Waals surface area (Å²) in [6.07, 6.45) is 0. The van der Waals surface area contributed by atoms with Crippen molar-refractivity contribution in [2.24, 2.45) is 5.28 Å². The average Bonchev–Trinajstić information content (AvgIpc) is 1.87. The lowest BCUT2D eigenvalue weighted by Gasteiger charge is -2.01. The molecular formula is C4H8N2O4. The fourth-order valence-electron chi connectivity index (χ4n) is 0.246. The van der Waals surface area contributed by atoms with Crippen molar-refractivity contribution in [1.29, 1.82) is 0 Å². The molecule has 58 valence electrons. The molecule has 10 heavy (non-hydrogen) atoms. The predicted octanol–water partition coefficient (Wildman–Crippen LogP) is -0.0166. The lowest BCUT2D eigenvalue weighted by molar-refractivity contribution is -0.578. The van der Waals surface area contributed by atoms with Gasteiger partial charge in [-0.1, -0.05) is 0 Å². The van der Waals surface area contributed by atoms with Crippen LogP contribution in [0.5, 0.6) is 0 Å². The zero-order valence-electron chi connectivity index (χ0n) is 5.64. The van der Waals surface area contributed by atoms with E-state index in [0.29, 0.717) is 0 Å². The van der Waals surface area contributed by atoms with E-state index >= 15 is 0 Å². The monoisotopic (exact) mass is 148 g/mol. The lowest BCUT2D eigenvalue weighted by Crippen LogP contribution is -2.26. The van der Waals surface area contributed by atoms with Crippen molar-refractivity contribution < 1.29 is 19.6 Å². The molecule has 1 N–H and O–H groups in total. The molecule has 0 aliphatic carbocycles. The first kappa shape index (κ1) is 8.67. The second-order valence-corrected chi connectivity index (χ2v) is 1.58. The summed E-state index contributed by atoms with van der Waals surface area (Å²) in [5, 5.41) is 21.5. The summed E-state index contributed by atoms with van der Waals surface area (Å²) in [6.45, 7) is 1.21. The van der Waals surface area contributed by atoms with Crippen LogP contribution in [0, 0.1) is 5.21 Å². The number of carboxylic acids is 1. The van der Waals surface area contributed by atoms with E-state index in [1.807, 2.05) is 0 Å². The molecule has 0 amide bonds.